The lowest BCUT2D eigenvalue weighted by atomic mass is 9.79. The first-order valence-electron chi connectivity index (χ1n) is 8.52. The van der Waals surface area contributed by atoms with Gasteiger partial charge in [0.25, 0.3) is 0 Å². The molecule has 0 bridgehead atoms. The van der Waals surface area contributed by atoms with Crippen molar-refractivity contribution in [3.05, 3.63) is 29.5 Å². The summed E-state index contributed by atoms with van der Waals surface area (Å²) < 4.78 is 2.24. The lowest BCUT2D eigenvalue weighted by Gasteiger charge is -2.38. The molecule has 1 amide bonds. The molecule has 122 valence electrons. The van der Waals surface area contributed by atoms with E-state index in [1.807, 2.05) is 12.1 Å². The summed E-state index contributed by atoms with van der Waals surface area (Å²) in [4.78, 5) is 12.6. The lowest BCUT2D eigenvalue weighted by molar-refractivity contribution is -0.118. The van der Waals surface area contributed by atoms with Crippen LogP contribution < -0.4 is 5.32 Å². The molecule has 2 saturated carbocycles. The summed E-state index contributed by atoms with van der Waals surface area (Å²) in [7, 11) is 0. The summed E-state index contributed by atoms with van der Waals surface area (Å²) in [5, 5.41) is 13.0. The van der Waals surface area contributed by atoms with Crippen molar-refractivity contribution in [2.24, 2.45) is 0 Å². The fraction of sp³-hybridized carbons (Fsp3) is 0.588. The van der Waals surface area contributed by atoms with Crippen LogP contribution >= 0.6 is 11.3 Å². The van der Waals surface area contributed by atoms with Crippen molar-refractivity contribution in [2.75, 3.05) is 5.32 Å². The van der Waals surface area contributed by atoms with Gasteiger partial charge in [-0.15, -0.1) is 10.2 Å². The summed E-state index contributed by atoms with van der Waals surface area (Å²) in [5.41, 5.74) is -0.0736. The zero-order valence-electron chi connectivity index (χ0n) is 13.2. The number of aromatic nitrogens is 3. The van der Waals surface area contributed by atoms with Gasteiger partial charge in [0.15, 0.2) is 0 Å². The van der Waals surface area contributed by atoms with Crippen molar-refractivity contribution in [2.45, 2.75) is 62.8 Å². The van der Waals surface area contributed by atoms with E-state index in [2.05, 4.69) is 32.5 Å². The molecule has 23 heavy (non-hydrogen) atoms. The second kappa shape index (κ2) is 6.07. The first-order valence-corrected chi connectivity index (χ1v) is 9.34. The highest BCUT2D eigenvalue weighted by Crippen LogP contribution is 2.42. The molecule has 0 radical (unpaired) electrons. The van der Waals surface area contributed by atoms with Gasteiger partial charge in [-0.2, -0.15) is 0 Å². The molecule has 6 heteroatoms. The van der Waals surface area contributed by atoms with Gasteiger partial charge >= 0.3 is 0 Å². The van der Waals surface area contributed by atoms with Gasteiger partial charge in [-0.1, -0.05) is 30.6 Å². The van der Waals surface area contributed by atoms with Crippen LogP contribution in [0, 0.1) is 0 Å². The van der Waals surface area contributed by atoms with Crippen LogP contribution in [0.15, 0.2) is 24.5 Å². The van der Waals surface area contributed by atoms with Crippen LogP contribution in [0.2, 0.25) is 0 Å². The molecule has 2 aromatic heterocycles. The van der Waals surface area contributed by atoms with E-state index in [0.717, 1.165) is 17.8 Å². The molecule has 1 N–H and O–H groups in total. The second-order valence-corrected chi connectivity index (χ2v) is 7.83. The maximum Gasteiger partial charge on any atom is 0.228 e. The number of carbonyl (C=O) groups excluding carboxylic acids is 1. The fourth-order valence-electron chi connectivity index (χ4n) is 3.63. The molecular weight excluding hydrogens is 308 g/mol. The van der Waals surface area contributed by atoms with Crippen LogP contribution in [-0.4, -0.2) is 20.7 Å². The fourth-order valence-corrected chi connectivity index (χ4v) is 4.56. The number of hydrogen-bond acceptors (Lipinski definition) is 4. The molecular formula is C17H22N4OS. The van der Waals surface area contributed by atoms with Crippen LogP contribution in [0.4, 0.5) is 5.13 Å². The standard InChI is InChI=1S/C17H22N4OS/c22-14(18-16-20-19-15(23-16)13-6-7-13)12-17(8-2-1-3-9-17)21-10-4-5-11-21/h4-5,10-11,13H,1-3,6-9,12H2,(H,18,20,22). The SMILES string of the molecule is O=C(CC1(n2cccc2)CCCCC1)Nc1nnc(C2CC2)s1. The molecule has 0 saturated heterocycles. The minimum atomic E-state index is -0.0736. The normalized spacial score (nSPS) is 20.3. The van der Waals surface area contributed by atoms with Crippen molar-refractivity contribution in [1.82, 2.24) is 14.8 Å². The van der Waals surface area contributed by atoms with Gasteiger partial charge in [-0.25, -0.2) is 0 Å². The molecule has 0 atom stereocenters. The molecule has 2 aliphatic carbocycles. The third-order valence-corrected chi connectivity index (χ3v) is 6.04. The molecule has 0 aromatic carbocycles. The Kier molecular flexibility index (Phi) is 3.93. The number of carbonyl (C=O) groups is 1. The smallest absolute Gasteiger partial charge is 0.228 e. The van der Waals surface area contributed by atoms with Gasteiger partial charge in [0.1, 0.15) is 5.01 Å². The maximum atomic E-state index is 12.6. The van der Waals surface area contributed by atoms with E-state index in [1.165, 1.54) is 43.4 Å². The number of anilines is 1. The predicted molar refractivity (Wildman–Crippen MR) is 90.6 cm³/mol. The predicted octanol–water partition coefficient (Wildman–Crippen LogP) is 3.91. The first kappa shape index (κ1) is 14.9. The molecule has 2 aromatic rings. The van der Waals surface area contributed by atoms with Crippen LogP contribution in [-0.2, 0) is 10.3 Å². The van der Waals surface area contributed by atoms with Crippen molar-refractivity contribution in [3.8, 4) is 0 Å². The molecule has 2 heterocycles. The summed E-state index contributed by atoms with van der Waals surface area (Å²) in [5.74, 6) is 0.641. The average Bonchev–Trinajstić information content (AvgIpc) is 3.06. The van der Waals surface area contributed by atoms with Crippen molar-refractivity contribution < 1.29 is 4.79 Å². The van der Waals surface area contributed by atoms with Crippen LogP contribution in [0.25, 0.3) is 0 Å². The van der Waals surface area contributed by atoms with Gasteiger partial charge < -0.3 is 9.88 Å². The minimum absolute atomic E-state index is 0.0547. The second-order valence-electron chi connectivity index (χ2n) is 6.82. The van der Waals surface area contributed by atoms with E-state index in [9.17, 15) is 4.79 Å². The van der Waals surface area contributed by atoms with E-state index in [-0.39, 0.29) is 11.4 Å². The molecule has 2 aliphatic rings. The molecule has 4 rings (SSSR count). The van der Waals surface area contributed by atoms with Crippen molar-refractivity contribution in [1.29, 1.82) is 0 Å². The third-order valence-electron chi connectivity index (χ3n) is 5.04. The molecule has 0 aliphatic heterocycles. The molecule has 2 fully saturated rings. The Balaban J connectivity index is 1.46. The average molecular weight is 330 g/mol. The number of nitrogens with zero attached hydrogens (tertiary/aromatic N) is 3. The Morgan fingerprint density at radius 3 is 2.65 bits per heavy atom. The molecule has 0 unspecified atom stereocenters. The van der Waals surface area contributed by atoms with Crippen molar-refractivity contribution >= 4 is 22.4 Å². The largest absolute Gasteiger partial charge is 0.348 e. The highest BCUT2D eigenvalue weighted by molar-refractivity contribution is 7.15. The van der Waals surface area contributed by atoms with Crippen molar-refractivity contribution in [3.63, 3.8) is 0 Å². The summed E-state index contributed by atoms with van der Waals surface area (Å²) in [6, 6.07) is 4.09. The summed E-state index contributed by atoms with van der Waals surface area (Å²) in [6.45, 7) is 0. The zero-order chi connectivity index (χ0) is 15.7. The monoisotopic (exact) mass is 330 g/mol. The summed E-state index contributed by atoms with van der Waals surface area (Å²) >= 11 is 1.53. The van der Waals surface area contributed by atoms with E-state index in [1.54, 1.807) is 0 Å². The first-order chi connectivity index (χ1) is 11.3. The highest BCUT2D eigenvalue weighted by atomic mass is 32.1. The van der Waals surface area contributed by atoms with Gasteiger partial charge in [0.05, 0.1) is 12.0 Å². The molecule has 5 nitrogen and oxygen atoms in total. The Labute approximate surface area is 140 Å². The van der Waals surface area contributed by atoms with Gasteiger partial charge in [-0.3, -0.25) is 4.79 Å². The maximum absolute atomic E-state index is 12.6. The van der Waals surface area contributed by atoms with Crippen LogP contribution in [0.1, 0.15) is 62.3 Å². The Hall–Kier alpha value is -1.69. The van der Waals surface area contributed by atoms with E-state index in [0.29, 0.717) is 17.5 Å². The number of amides is 1. The van der Waals surface area contributed by atoms with Gasteiger partial charge in [0, 0.05) is 18.3 Å². The minimum Gasteiger partial charge on any atom is -0.348 e. The molecule has 0 spiro atoms. The van der Waals surface area contributed by atoms with E-state index >= 15 is 0 Å². The van der Waals surface area contributed by atoms with Crippen LogP contribution in [0.3, 0.4) is 0 Å². The van der Waals surface area contributed by atoms with Gasteiger partial charge in [0.2, 0.25) is 11.0 Å². The van der Waals surface area contributed by atoms with E-state index < -0.39 is 0 Å². The lowest BCUT2D eigenvalue weighted by Crippen LogP contribution is -2.38. The topological polar surface area (TPSA) is 59.8 Å². The summed E-state index contributed by atoms with van der Waals surface area (Å²) in [6.07, 6.45) is 12.9. The van der Waals surface area contributed by atoms with E-state index in [4.69, 9.17) is 0 Å². The number of hydrogen-bond donors (Lipinski definition) is 1. The number of nitrogens with one attached hydrogen (secondary N) is 1. The quantitative estimate of drug-likeness (QED) is 0.904. The third kappa shape index (κ3) is 3.17. The Bertz CT molecular complexity index is 669. The zero-order valence-corrected chi connectivity index (χ0v) is 14.0. The Morgan fingerprint density at radius 2 is 1.96 bits per heavy atom. The number of rotatable bonds is 5. The Morgan fingerprint density at radius 1 is 1.22 bits per heavy atom. The van der Waals surface area contributed by atoms with Crippen LogP contribution in [0.5, 0.6) is 0 Å². The van der Waals surface area contributed by atoms with Gasteiger partial charge in [-0.05, 0) is 37.8 Å². The highest BCUT2D eigenvalue weighted by Gasteiger charge is 2.36.